The molecule has 0 atom stereocenters. The van der Waals surface area contributed by atoms with Crippen LogP contribution in [0.25, 0.3) is 11.1 Å². The summed E-state index contributed by atoms with van der Waals surface area (Å²) in [6.45, 7) is 6.86. The van der Waals surface area contributed by atoms with Gasteiger partial charge in [-0.05, 0) is 66.8 Å². The number of amides is 2. The molecule has 2 N–H and O–H groups in total. The molecule has 0 unspecified atom stereocenters. The van der Waals surface area contributed by atoms with Crippen LogP contribution in [0.1, 0.15) is 50.2 Å². The van der Waals surface area contributed by atoms with Gasteiger partial charge in [0, 0.05) is 33.1 Å². The monoisotopic (exact) mass is 587 g/mol. The highest BCUT2D eigenvalue weighted by Gasteiger charge is 2.47. The molecule has 2 amide bonds. The topological polar surface area (TPSA) is 61.4 Å². The average molecular weight is 588 g/mol. The fourth-order valence-corrected chi connectivity index (χ4v) is 6.27. The molecule has 1 saturated heterocycles. The number of rotatable bonds is 10. The van der Waals surface area contributed by atoms with Gasteiger partial charge in [0.1, 0.15) is 5.41 Å². The molecule has 0 spiro atoms. The first kappa shape index (κ1) is 32.5. The van der Waals surface area contributed by atoms with E-state index in [1.807, 2.05) is 18.4 Å². The minimum atomic E-state index is -4.00. The van der Waals surface area contributed by atoms with Gasteiger partial charge in [-0.1, -0.05) is 67.6 Å². The molecule has 2 aliphatic rings. The Balaban J connectivity index is 0.000000850. The number of likely N-dealkylation sites (tertiary alicyclic amines) is 1. The Kier molecular flexibility index (Phi) is 11.7. The van der Waals surface area contributed by atoms with Crippen molar-refractivity contribution in [2.24, 2.45) is 0 Å². The smallest absolute Gasteiger partial charge is 0.358 e. The van der Waals surface area contributed by atoms with Crippen molar-refractivity contribution in [3.63, 3.8) is 0 Å². The highest BCUT2D eigenvalue weighted by molar-refractivity contribution is 8.03. The lowest BCUT2D eigenvalue weighted by Crippen LogP contribution is -2.45. The van der Waals surface area contributed by atoms with Crippen LogP contribution in [0.4, 0.5) is 13.2 Å². The number of nitrogens with zero attached hydrogens (tertiary/aromatic N) is 1. The summed E-state index contributed by atoms with van der Waals surface area (Å²) in [6.07, 6.45) is 6.06. The highest BCUT2D eigenvalue weighted by Crippen LogP contribution is 2.51. The number of hydrogen-bond acceptors (Lipinski definition) is 4. The van der Waals surface area contributed by atoms with Gasteiger partial charge in [0.25, 0.3) is 5.91 Å². The maximum Gasteiger partial charge on any atom is 0.386 e. The third-order valence-corrected chi connectivity index (χ3v) is 8.35. The maximum atomic E-state index is 13.4. The predicted molar refractivity (Wildman–Crippen MR) is 162 cm³/mol. The van der Waals surface area contributed by atoms with E-state index in [1.54, 1.807) is 19.2 Å². The van der Waals surface area contributed by atoms with Gasteiger partial charge in [-0.25, -0.2) is 0 Å². The van der Waals surface area contributed by atoms with Gasteiger partial charge in [0.05, 0.1) is 4.91 Å². The van der Waals surface area contributed by atoms with E-state index in [0.29, 0.717) is 4.91 Å². The quantitative estimate of drug-likeness (QED) is 0.191. The van der Waals surface area contributed by atoms with Crippen molar-refractivity contribution in [2.75, 3.05) is 32.9 Å². The molecule has 2 aromatic carbocycles. The summed E-state index contributed by atoms with van der Waals surface area (Å²) in [4.78, 5) is 29.1. The molecule has 0 bridgehead atoms. The number of hydrogen-bond donors (Lipinski definition) is 2. The van der Waals surface area contributed by atoms with Crippen molar-refractivity contribution in [3.05, 3.63) is 83.3 Å². The number of thioether (sulfide) groups is 1. The third-order valence-electron chi connectivity index (χ3n) is 7.59. The molecule has 1 aliphatic carbocycles. The molecule has 2 aromatic rings. The lowest BCUT2D eigenvalue weighted by atomic mass is 9.73. The fourth-order valence-electron chi connectivity index (χ4n) is 5.79. The Morgan fingerprint density at radius 3 is 2.07 bits per heavy atom. The molecule has 0 saturated carbocycles. The van der Waals surface area contributed by atoms with Gasteiger partial charge in [-0.3, -0.25) is 9.59 Å². The molecule has 4 rings (SSSR count). The maximum absolute atomic E-state index is 13.4. The van der Waals surface area contributed by atoms with Crippen molar-refractivity contribution >= 4 is 23.6 Å². The summed E-state index contributed by atoms with van der Waals surface area (Å²) in [5.41, 5.74) is 3.96. The number of halogens is 3. The second kappa shape index (κ2) is 14.7. The number of alkyl halides is 3. The number of unbranched alkanes of at least 4 members (excludes halogenated alkanes) is 1. The largest absolute Gasteiger partial charge is 0.386 e. The summed E-state index contributed by atoms with van der Waals surface area (Å²) in [5.74, 6) is 0.0732. The van der Waals surface area contributed by atoms with E-state index < -0.39 is 11.6 Å². The van der Waals surface area contributed by atoms with E-state index in [4.69, 9.17) is 0 Å². The Morgan fingerprint density at radius 2 is 1.59 bits per heavy atom. The van der Waals surface area contributed by atoms with E-state index in [0.717, 1.165) is 62.9 Å². The number of fused-ring (bicyclic) bond motifs is 3. The van der Waals surface area contributed by atoms with Crippen molar-refractivity contribution < 1.29 is 22.8 Å². The predicted octanol–water partition coefficient (Wildman–Crippen LogP) is 6.45. The minimum Gasteiger partial charge on any atom is -0.358 e. The van der Waals surface area contributed by atoms with Crippen molar-refractivity contribution in [1.82, 2.24) is 15.5 Å². The van der Waals surface area contributed by atoms with E-state index >= 15 is 0 Å². The summed E-state index contributed by atoms with van der Waals surface area (Å²) in [7, 11) is 1.74. The standard InChI is InChI=1S/C30H37N3O2S.C2H3F3/c1-4-11-27(36-3)28(34)32-22-16-20-33(21-17-22)19-10-9-18-30(29(35)31-2)25-14-7-5-12-23(25)24-13-6-8-15-26(24)30;1-2(3,4)5/h4-8,11-15,22H,1,9-10,16-21H2,2-3H3,(H,31,35)(H,32,34);1H3/b27-11-;. The Bertz CT molecular complexity index is 1190. The number of allylic oxidation sites excluding steroid dienone is 2. The summed E-state index contributed by atoms with van der Waals surface area (Å²) in [5, 5.41) is 6.14. The number of piperidine rings is 1. The molecule has 1 heterocycles. The van der Waals surface area contributed by atoms with Crippen LogP contribution in [0.5, 0.6) is 0 Å². The van der Waals surface area contributed by atoms with Crippen LogP contribution < -0.4 is 10.6 Å². The Morgan fingerprint density at radius 1 is 1.05 bits per heavy atom. The molecular weight excluding hydrogens is 547 g/mol. The van der Waals surface area contributed by atoms with Crippen molar-refractivity contribution in [3.8, 4) is 11.1 Å². The first-order chi connectivity index (χ1) is 19.5. The minimum absolute atomic E-state index is 0.00234. The zero-order valence-corrected chi connectivity index (χ0v) is 24.8. The normalized spacial score (nSPS) is 16.6. The number of likely N-dealkylation sites (N-methyl/N-ethyl adjacent to an activating group) is 1. The second-order valence-electron chi connectivity index (χ2n) is 10.4. The van der Waals surface area contributed by atoms with Crippen LogP contribution in [0.15, 0.2) is 72.2 Å². The highest BCUT2D eigenvalue weighted by atomic mass is 32.2. The second-order valence-corrected chi connectivity index (χ2v) is 11.2. The molecule has 41 heavy (non-hydrogen) atoms. The SMILES string of the molecule is C=C/C=C(\SC)C(=O)NC1CCN(CCCCC2(C(=O)NC)c3ccccc3-c3ccccc32)CC1.CC(F)(F)F. The molecule has 9 heteroatoms. The number of benzene rings is 2. The lowest BCUT2D eigenvalue weighted by Gasteiger charge is -2.33. The van der Waals surface area contributed by atoms with E-state index in [9.17, 15) is 22.8 Å². The van der Waals surface area contributed by atoms with Crippen LogP contribution in [0.2, 0.25) is 0 Å². The summed E-state index contributed by atoms with van der Waals surface area (Å²) in [6, 6.07) is 16.9. The Labute approximate surface area is 245 Å². The molecular formula is C32H40F3N3O2S. The van der Waals surface area contributed by atoms with Crippen LogP contribution in [-0.4, -0.2) is 61.9 Å². The van der Waals surface area contributed by atoms with Gasteiger partial charge >= 0.3 is 6.18 Å². The van der Waals surface area contributed by atoms with Crippen LogP contribution >= 0.6 is 11.8 Å². The third kappa shape index (κ3) is 8.26. The molecule has 0 aromatic heterocycles. The van der Waals surface area contributed by atoms with Crippen LogP contribution in [0, 0.1) is 0 Å². The van der Waals surface area contributed by atoms with E-state index in [-0.39, 0.29) is 24.8 Å². The molecule has 0 radical (unpaired) electrons. The van der Waals surface area contributed by atoms with E-state index in [1.165, 1.54) is 22.9 Å². The number of carbonyl (C=O) groups is 2. The zero-order chi connectivity index (χ0) is 30.0. The van der Waals surface area contributed by atoms with Crippen LogP contribution in [0.3, 0.4) is 0 Å². The molecule has 222 valence electrons. The van der Waals surface area contributed by atoms with E-state index in [2.05, 4.69) is 58.5 Å². The first-order valence-corrected chi connectivity index (χ1v) is 15.2. The Hall–Kier alpha value is -3.04. The van der Waals surface area contributed by atoms with Gasteiger partial charge < -0.3 is 15.5 Å². The summed E-state index contributed by atoms with van der Waals surface area (Å²) < 4.78 is 31.1. The summed E-state index contributed by atoms with van der Waals surface area (Å²) >= 11 is 1.45. The molecule has 1 fully saturated rings. The number of carbonyl (C=O) groups excluding carboxylic acids is 2. The molecule has 5 nitrogen and oxygen atoms in total. The molecule has 1 aliphatic heterocycles. The van der Waals surface area contributed by atoms with Gasteiger partial charge in [0.15, 0.2) is 0 Å². The zero-order valence-electron chi connectivity index (χ0n) is 24.0. The van der Waals surface area contributed by atoms with Crippen molar-refractivity contribution in [1.29, 1.82) is 0 Å². The van der Waals surface area contributed by atoms with Crippen LogP contribution in [-0.2, 0) is 15.0 Å². The number of nitrogens with one attached hydrogen (secondary N) is 2. The van der Waals surface area contributed by atoms with Crippen molar-refractivity contribution in [2.45, 2.75) is 56.7 Å². The van der Waals surface area contributed by atoms with Gasteiger partial charge in [-0.15, -0.1) is 11.8 Å². The first-order valence-electron chi connectivity index (χ1n) is 13.9. The van der Waals surface area contributed by atoms with Gasteiger partial charge in [0.2, 0.25) is 5.91 Å². The lowest BCUT2D eigenvalue weighted by molar-refractivity contribution is -0.125. The average Bonchev–Trinajstić information content (AvgIpc) is 3.24. The fraction of sp³-hybridized carbons (Fsp3) is 0.438. The van der Waals surface area contributed by atoms with Gasteiger partial charge in [-0.2, -0.15) is 13.2 Å².